The summed E-state index contributed by atoms with van der Waals surface area (Å²) in [6, 6.07) is 7.27. The Morgan fingerprint density at radius 1 is 1.32 bits per heavy atom. The van der Waals surface area contributed by atoms with Crippen molar-refractivity contribution in [2.24, 2.45) is 5.92 Å². The third-order valence-corrected chi connectivity index (χ3v) is 5.42. The van der Waals surface area contributed by atoms with E-state index in [1.54, 1.807) is 4.90 Å². The van der Waals surface area contributed by atoms with E-state index in [1.807, 2.05) is 24.3 Å². The van der Waals surface area contributed by atoms with E-state index in [9.17, 15) is 14.7 Å². The molecule has 2 heterocycles. The number of fused-ring (bicyclic) bond motifs is 2. The molecule has 1 N–H and O–H groups in total. The highest BCUT2D eigenvalue weighted by molar-refractivity contribution is 5.89. The molecule has 0 radical (unpaired) electrons. The molecule has 3 atom stereocenters. The Hall–Kier alpha value is -2.04. The van der Waals surface area contributed by atoms with Gasteiger partial charge in [-0.15, -0.1) is 0 Å². The van der Waals surface area contributed by atoms with Crippen molar-refractivity contribution in [2.75, 3.05) is 13.2 Å². The molecule has 4 rings (SSSR count). The van der Waals surface area contributed by atoms with Crippen LogP contribution in [-0.4, -0.2) is 41.1 Å². The topological polar surface area (TPSA) is 66.8 Å². The van der Waals surface area contributed by atoms with Gasteiger partial charge in [-0.2, -0.15) is 0 Å². The molecular formula is C17H19NO4. The second kappa shape index (κ2) is 4.73. The molecule has 2 fully saturated rings. The summed E-state index contributed by atoms with van der Waals surface area (Å²) >= 11 is 0. The molecule has 1 aromatic rings. The zero-order valence-corrected chi connectivity index (χ0v) is 12.3. The number of carbonyl (C=O) groups is 2. The maximum absolute atomic E-state index is 12.8. The fraction of sp³-hybridized carbons (Fsp3) is 0.529. The first kappa shape index (κ1) is 13.6. The molecule has 5 heteroatoms. The fourth-order valence-corrected chi connectivity index (χ4v) is 4.17. The van der Waals surface area contributed by atoms with Crippen LogP contribution in [0.1, 0.15) is 31.2 Å². The van der Waals surface area contributed by atoms with Crippen LogP contribution in [0.15, 0.2) is 24.3 Å². The third kappa shape index (κ3) is 1.84. The lowest BCUT2D eigenvalue weighted by Gasteiger charge is -2.28. The van der Waals surface area contributed by atoms with Gasteiger partial charge in [0.1, 0.15) is 11.8 Å². The van der Waals surface area contributed by atoms with Crippen LogP contribution in [0.2, 0.25) is 0 Å². The molecule has 1 aromatic carbocycles. The lowest BCUT2D eigenvalue weighted by atomic mass is 9.87. The van der Waals surface area contributed by atoms with Gasteiger partial charge in [-0.25, -0.2) is 4.79 Å². The van der Waals surface area contributed by atoms with Crippen LogP contribution in [0.4, 0.5) is 0 Å². The predicted octanol–water partition coefficient (Wildman–Crippen LogP) is 1.80. The van der Waals surface area contributed by atoms with E-state index in [2.05, 4.69) is 0 Å². The van der Waals surface area contributed by atoms with Crippen LogP contribution < -0.4 is 4.74 Å². The molecule has 1 aliphatic carbocycles. The molecule has 0 aromatic heterocycles. The molecule has 22 heavy (non-hydrogen) atoms. The van der Waals surface area contributed by atoms with Crippen LogP contribution in [0.25, 0.3) is 0 Å². The lowest BCUT2D eigenvalue weighted by Crippen LogP contribution is -2.42. The van der Waals surface area contributed by atoms with Crippen molar-refractivity contribution in [3.63, 3.8) is 0 Å². The molecule has 5 nitrogen and oxygen atoms in total. The molecule has 1 saturated heterocycles. The number of ether oxygens (including phenoxy) is 1. The monoisotopic (exact) mass is 301 g/mol. The number of carboxylic acid groups (broad SMARTS) is 1. The van der Waals surface area contributed by atoms with Crippen LogP contribution in [-0.2, 0) is 15.0 Å². The van der Waals surface area contributed by atoms with Gasteiger partial charge in [0.15, 0.2) is 0 Å². The van der Waals surface area contributed by atoms with Crippen LogP contribution in [0.3, 0.4) is 0 Å². The van der Waals surface area contributed by atoms with Gasteiger partial charge in [-0.3, -0.25) is 4.79 Å². The molecule has 0 bridgehead atoms. The summed E-state index contributed by atoms with van der Waals surface area (Å²) in [5, 5.41) is 9.28. The zero-order chi connectivity index (χ0) is 15.3. The van der Waals surface area contributed by atoms with Gasteiger partial charge < -0.3 is 14.7 Å². The minimum absolute atomic E-state index is 0.0154. The molecule has 3 aliphatic rings. The van der Waals surface area contributed by atoms with E-state index < -0.39 is 12.0 Å². The number of rotatable bonds is 2. The normalized spacial score (nSPS) is 32.5. The number of aliphatic carboxylic acids is 1. The number of para-hydroxylation sites is 1. The van der Waals surface area contributed by atoms with Gasteiger partial charge >= 0.3 is 5.97 Å². The lowest BCUT2D eigenvalue weighted by molar-refractivity contribution is -0.149. The number of amides is 1. The van der Waals surface area contributed by atoms with E-state index in [1.165, 1.54) is 0 Å². The molecule has 3 unspecified atom stereocenters. The highest BCUT2D eigenvalue weighted by atomic mass is 16.5. The molecule has 1 spiro atoms. The maximum Gasteiger partial charge on any atom is 0.326 e. The average Bonchev–Trinajstić information content (AvgIpc) is 3.01. The van der Waals surface area contributed by atoms with Crippen molar-refractivity contribution in [3.8, 4) is 5.75 Å². The Morgan fingerprint density at radius 3 is 2.95 bits per heavy atom. The Morgan fingerprint density at radius 2 is 2.14 bits per heavy atom. The number of hydrogen-bond acceptors (Lipinski definition) is 3. The highest BCUT2D eigenvalue weighted by Gasteiger charge is 2.62. The summed E-state index contributed by atoms with van der Waals surface area (Å²) in [5.74, 6) is -0.0766. The number of likely N-dealkylation sites (tertiary alicyclic amines) is 1. The second-order valence-corrected chi connectivity index (χ2v) is 6.54. The van der Waals surface area contributed by atoms with Crippen LogP contribution in [0.5, 0.6) is 5.75 Å². The first-order valence-corrected chi connectivity index (χ1v) is 7.89. The molecular weight excluding hydrogens is 282 g/mol. The van der Waals surface area contributed by atoms with Crippen LogP contribution in [0, 0.1) is 5.92 Å². The first-order chi connectivity index (χ1) is 10.6. The van der Waals surface area contributed by atoms with Gasteiger partial charge in [-0.1, -0.05) is 18.2 Å². The standard InChI is InChI=1S/C17H19NO4/c19-15(18-8-3-5-13(18)16(20)21)12-10-17(12)7-9-22-14-6-2-1-4-11(14)17/h1-2,4,6,12-13H,3,5,7-10H2,(H,20,21). The van der Waals surface area contributed by atoms with Crippen LogP contribution >= 0.6 is 0 Å². The molecule has 1 amide bonds. The molecule has 2 aliphatic heterocycles. The van der Waals surface area contributed by atoms with Crippen molar-refractivity contribution in [1.82, 2.24) is 4.90 Å². The van der Waals surface area contributed by atoms with Crippen molar-refractivity contribution in [2.45, 2.75) is 37.1 Å². The molecule has 116 valence electrons. The van der Waals surface area contributed by atoms with Crippen molar-refractivity contribution >= 4 is 11.9 Å². The first-order valence-electron chi connectivity index (χ1n) is 7.89. The summed E-state index contributed by atoms with van der Waals surface area (Å²) in [4.78, 5) is 25.7. The summed E-state index contributed by atoms with van der Waals surface area (Å²) in [6.07, 6.45) is 3.00. The molecule has 1 saturated carbocycles. The number of nitrogens with zero attached hydrogens (tertiary/aromatic N) is 1. The van der Waals surface area contributed by atoms with Gasteiger partial charge in [0, 0.05) is 23.4 Å². The quantitative estimate of drug-likeness (QED) is 0.904. The average molecular weight is 301 g/mol. The van der Waals surface area contributed by atoms with Gasteiger partial charge in [0.2, 0.25) is 5.91 Å². The second-order valence-electron chi connectivity index (χ2n) is 6.54. The number of hydrogen-bond donors (Lipinski definition) is 1. The predicted molar refractivity (Wildman–Crippen MR) is 78.7 cm³/mol. The Bertz CT molecular complexity index is 643. The van der Waals surface area contributed by atoms with Crippen molar-refractivity contribution in [1.29, 1.82) is 0 Å². The van der Waals surface area contributed by atoms with E-state index in [4.69, 9.17) is 4.74 Å². The summed E-state index contributed by atoms with van der Waals surface area (Å²) in [5.41, 5.74) is 0.989. The Kier molecular flexibility index (Phi) is 2.93. The van der Waals surface area contributed by atoms with E-state index in [0.717, 1.165) is 30.6 Å². The van der Waals surface area contributed by atoms with Gasteiger partial charge in [-0.05, 0) is 31.7 Å². The summed E-state index contributed by atoms with van der Waals surface area (Å²) in [7, 11) is 0. The summed E-state index contributed by atoms with van der Waals surface area (Å²) in [6.45, 7) is 1.20. The maximum atomic E-state index is 12.8. The number of carboxylic acids is 1. The summed E-state index contributed by atoms with van der Waals surface area (Å²) < 4.78 is 5.69. The van der Waals surface area contributed by atoms with E-state index in [0.29, 0.717) is 19.6 Å². The Labute approximate surface area is 128 Å². The smallest absolute Gasteiger partial charge is 0.326 e. The number of carbonyl (C=O) groups excluding carboxylic acids is 1. The van der Waals surface area contributed by atoms with Gasteiger partial charge in [0.25, 0.3) is 0 Å². The fourth-order valence-electron chi connectivity index (χ4n) is 4.17. The van der Waals surface area contributed by atoms with Crippen molar-refractivity contribution < 1.29 is 19.4 Å². The van der Waals surface area contributed by atoms with E-state index in [-0.39, 0.29) is 17.2 Å². The van der Waals surface area contributed by atoms with Gasteiger partial charge in [0.05, 0.1) is 6.61 Å². The zero-order valence-electron chi connectivity index (χ0n) is 12.3. The highest BCUT2D eigenvalue weighted by Crippen LogP contribution is 2.61. The third-order valence-electron chi connectivity index (χ3n) is 5.42. The SMILES string of the molecule is O=C(O)C1CCCN1C(=O)C1CC12CCOc1ccccc12. The van der Waals surface area contributed by atoms with Crippen molar-refractivity contribution in [3.05, 3.63) is 29.8 Å². The number of benzene rings is 1. The largest absolute Gasteiger partial charge is 0.493 e. The minimum atomic E-state index is -0.882. The Balaban J connectivity index is 1.60. The van der Waals surface area contributed by atoms with E-state index >= 15 is 0 Å². The minimum Gasteiger partial charge on any atom is -0.493 e.